The number of para-hydroxylation sites is 3. The summed E-state index contributed by atoms with van der Waals surface area (Å²) in [4.78, 5) is 11.3. The Balaban J connectivity index is 1.97. The van der Waals surface area contributed by atoms with Crippen LogP contribution in [0.2, 0.25) is 0 Å². The second kappa shape index (κ2) is 5.44. The molecule has 0 atom stereocenters. The largest absolute Gasteiger partial charge is 0.504 e. The van der Waals surface area contributed by atoms with E-state index < -0.39 is 5.97 Å². The van der Waals surface area contributed by atoms with Gasteiger partial charge in [0, 0.05) is 24.2 Å². The number of rotatable bonds is 4. The van der Waals surface area contributed by atoms with Crippen LogP contribution >= 0.6 is 0 Å². The molecule has 0 spiro atoms. The van der Waals surface area contributed by atoms with Crippen molar-refractivity contribution in [1.29, 1.82) is 0 Å². The lowest BCUT2D eigenvalue weighted by molar-refractivity contribution is 0.0698. The maximum atomic E-state index is 11.3. The van der Waals surface area contributed by atoms with Crippen molar-refractivity contribution in [2.45, 2.75) is 6.61 Å². The number of carboxylic acids is 1. The molecule has 2 aromatic carbocycles. The third-order valence-corrected chi connectivity index (χ3v) is 3.56. The first-order valence-electron chi connectivity index (χ1n) is 6.79. The Morgan fingerprint density at radius 3 is 2.68 bits per heavy atom. The molecule has 2 N–H and O–H groups in total. The predicted octanol–water partition coefficient (Wildman–Crippen LogP) is 3.16. The van der Waals surface area contributed by atoms with Crippen LogP contribution < -0.4 is 4.74 Å². The lowest BCUT2D eigenvalue weighted by Gasteiger charge is -2.07. The van der Waals surface area contributed by atoms with Crippen molar-refractivity contribution in [2.24, 2.45) is 7.05 Å². The minimum Gasteiger partial charge on any atom is -0.504 e. The maximum Gasteiger partial charge on any atom is 0.337 e. The molecule has 1 heterocycles. The van der Waals surface area contributed by atoms with Crippen molar-refractivity contribution < 1.29 is 19.7 Å². The van der Waals surface area contributed by atoms with E-state index in [-0.39, 0.29) is 17.9 Å². The van der Waals surface area contributed by atoms with Crippen LogP contribution in [0.3, 0.4) is 0 Å². The van der Waals surface area contributed by atoms with Crippen LogP contribution in [0, 0.1) is 0 Å². The lowest BCUT2D eigenvalue weighted by atomic mass is 10.1. The lowest BCUT2D eigenvalue weighted by Crippen LogP contribution is -1.99. The fraction of sp³-hybridized carbons (Fsp3) is 0.118. The molecular weight excluding hydrogens is 282 g/mol. The molecule has 0 radical (unpaired) electrons. The van der Waals surface area contributed by atoms with Gasteiger partial charge in [-0.15, -0.1) is 0 Å². The molecule has 0 aliphatic rings. The van der Waals surface area contributed by atoms with Crippen LogP contribution in [0.25, 0.3) is 10.9 Å². The molecular formula is C17H15NO4. The monoisotopic (exact) mass is 297 g/mol. The zero-order valence-electron chi connectivity index (χ0n) is 12.0. The number of ether oxygens (including phenoxy) is 1. The van der Waals surface area contributed by atoms with Gasteiger partial charge in [0.05, 0.1) is 11.1 Å². The van der Waals surface area contributed by atoms with Crippen LogP contribution in [0.1, 0.15) is 15.9 Å². The van der Waals surface area contributed by atoms with E-state index in [1.165, 1.54) is 0 Å². The first-order chi connectivity index (χ1) is 10.6. The molecule has 0 bridgehead atoms. The molecule has 22 heavy (non-hydrogen) atoms. The summed E-state index contributed by atoms with van der Waals surface area (Å²) in [6.07, 6.45) is 1.84. The first kappa shape index (κ1) is 14.0. The molecule has 0 unspecified atom stereocenters. The van der Waals surface area contributed by atoms with Gasteiger partial charge in [-0.05, 0) is 18.2 Å². The van der Waals surface area contributed by atoms with Gasteiger partial charge in [0.1, 0.15) is 6.61 Å². The van der Waals surface area contributed by atoms with Gasteiger partial charge in [0.25, 0.3) is 0 Å². The summed E-state index contributed by atoms with van der Waals surface area (Å²) in [5, 5.41) is 19.8. The van der Waals surface area contributed by atoms with E-state index >= 15 is 0 Å². The second-order valence-corrected chi connectivity index (χ2v) is 5.03. The number of nitrogens with zero attached hydrogens (tertiary/aromatic N) is 1. The number of benzene rings is 2. The van der Waals surface area contributed by atoms with E-state index in [0.717, 1.165) is 10.9 Å². The topological polar surface area (TPSA) is 71.7 Å². The van der Waals surface area contributed by atoms with Crippen molar-refractivity contribution in [3.8, 4) is 11.5 Å². The number of aromatic nitrogens is 1. The molecule has 3 rings (SSSR count). The quantitative estimate of drug-likeness (QED) is 0.776. The summed E-state index contributed by atoms with van der Waals surface area (Å²) in [5.41, 5.74) is 1.78. The molecule has 1 aromatic heterocycles. The van der Waals surface area contributed by atoms with Gasteiger partial charge in [0.2, 0.25) is 0 Å². The highest BCUT2D eigenvalue weighted by Gasteiger charge is 2.15. The number of aryl methyl sites for hydroxylation is 1. The van der Waals surface area contributed by atoms with Crippen molar-refractivity contribution in [1.82, 2.24) is 4.57 Å². The van der Waals surface area contributed by atoms with Gasteiger partial charge in [-0.1, -0.05) is 24.3 Å². The number of aromatic carboxylic acids is 1. The Hall–Kier alpha value is -2.95. The Kier molecular flexibility index (Phi) is 3.47. The second-order valence-electron chi connectivity index (χ2n) is 5.03. The number of carboxylic acid groups (broad SMARTS) is 1. The summed E-state index contributed by atoms with van der Waals surface area (Å²) in [7, 11) is 1.80. The minimum absolute atomic E-state index is 0.0777. The summed E-state index contributed by atoms with van der Waals surface area (Å²) >= 11 is 0. The van der Waals surface area contributed by atoms with Crippen molar-refractivity contribution in [3.05, 3.63) is 59.8 Å². The first-order valence-corrected chi connectivity index (χ1v) is 6.79. The van der Waals surface area contributed by atoms with E-state index in [1.54, 1.807) is 48.0 Å². The molecule has 0 saturated carbocycles. The average Bonchev–Trinajstić information content (AvgIpc) is 2.83. The number of hydrogen-bond acceptors (Lipinski definition) is 3. The van der Waals surface area contributed by atoms with E-state index in [1.807, 2.05) is 12.3 Å². The van der Waals surface area contributed by atoms with Gasteiger partial charge >= 0.3 is 5.97 Å². The third kappa shape index (κ3) is 2.37. The number of phenolic OH excluding ortho intramolecular Hbond substituents is 1. The molecule has 0 aliphatic heterocycles. The predicted molar refractivity (Wildman–Crippen MR) is 82.3 cm³/mol. The SMILES string of the molecule is Cn1cc(COc2ccccc2O)c2cccc(C(=O)O)c21. The summed E-state index contributed by atoms with van der Waals surface area (Å²) in [5.74, 6) is -0.483. The Morgan fingerprint density at radius 2 is 1.95 bits per heavy atom. The normalized spacial score (nSPS) is 10.8. The van der Waals surface area contributed by atoms with Gasteiger partial charge in [-0.3, -0.25) is 0 Å². The number of carbonyl (C=O) groups is 1. The smallest absolute Gasteiger partial charge is 0.337 e. The molecule has 112 valence electrons. The third-order valence-electron chi connectivity index (χ3n) is 3.56. The Bertz CT molecular complexity index is 851. The Morgan fingerprint density at radius 1 is 1.18 bits per heavy atom. The highest BCUT2D eigenvalue weighted by molar-refractivity contribution is 6.03. The number of fused-ring (bicyclic) bond motifs is 1. The number of hydrogen-bond donors (Lipinski definition) is 2. The van der Waals surface area contributed by atoms with Crippen molar-refractivity contribution in [3.63, 3.8) is 0 Å². The van der Waals surface area contributed by atoms with Crippen molar-refractivity contribution >= 4 is 16.9 Å². The van der Waals surface area contributed by atoms with Gasteiger partial charge in [0.15, 0.2) is 11.5 Å². The van der Waals surface area contributed by atoms with Gasteiger partial charge in [-0.25, -0.2) is 4.79 Å². The zero-order chi connectivity index (χ0) is 15.7. The molecule has 0 saturated heterocycles. The van der Waals surface area contributed by atoms with E-state index in [2.05, 4.69) is 0 Å². The maximum absolute atomic E-state index is 11.3. The molecule has 5 nitrogen and oxygen atoms in total. The fourth-order valence-corrected chi connectivity index (χ4v) is 2.57. The van der Waals surface area contributed by atoms with Crippen LogP contribution in [0.5, 0.6) is 11.5 Å². The zero-order valence-corrected chi connectivity index (χ0v) is 12.0. The molecule has 0 fully saturated rings. The number of aromatic hydroxyl groups is 1. The van der Waals surface area contributed by atoms with Gasteiger partial charge in [-0.2, -0.15) is 0 Å². The molecule has 5 heteroatoms. The molecule has 3 aromatic rings. The Labute approximate surface area is 127 Å². The fourth-order valence-electron chi connectivity index (χ4n) is 2.57. The van der Waals surface area contributed by atoms with Crippen LogP contribution in [-0.2, 0) is 13.7 Å². The standard InChI is InChI=1S/C17H15NO4/c1-18-9-11(10-22-15-8-3-2-7-14(15)19)12-5-4-6-13(16(12)18)17(20)21/h2-9,19H,10H2,1H3,(H,20,21). The van der Waals surface area contributed by atoms with Crippen LogP contribution in [0.15, 0.2) is 48.7 Å². The van der Waals surface area contributed by atoms with Crippen LogP contribution in [-0.4, -0.2) is 20.7 Å². The summed E-state index contributed by atoms with van der Waals surface area (Å²) in [6, 6.07) is 11.9. The minimum atomic E-state index is -0.958. The van der Waals surface area contributed by atoms with Gasteiger partial charge < -0.3 is 19.5 Å². The highest BCUT2D eigenvalue weighted by atomic mass is 16.5. The average molecular weight is 297 g/mol. The summed E-state index contributed by atoms with van der Waals surface area (Å²) < 4.78 is 7.41. The van der Waals surface area contributed by atoms with Crippen LogP contribution in [0.4, 0.5) is 0 Å². The van der Waals surface area contributed by atoms with E-state index in [4.69, 9.17) is 4.74 Å². The molecule has 0 aliphatic carbocycles. The van der Waals surface area contributed by atoms with E-state index in [0.29, 0.717) is 11.3 Å². The molecule has 0 amide bonds. The highest BCUT2D eigenvalue weighted by Crippen LogP contribution is 2.28. The van der Waals surface area contributed by atoms with E-state index in [9.17, 15) is 15.0 Å². The number of phenols is 1. The summed E-state index contributed by atoms with van der Waals surface area (Å²) in [6.45, 7) is 0.248. The van der Waals surface area contributed by atoms with Crippen molar-refractivity contribution in [2.75, 3.05) is 0 Å².